The minimum Gasteiger partial charge on any atom is -0.383 e. The molecule has 0 radical (unpaired) electrons. The Labute approximate surface area is 422 Å². The first kappa shape index (κ1) is 70.7. The summed E-state index contributed by atoms with van der Waals surface area (Å²) in [5.74, 6) is -1.63. The number of nitrogens with one attached hydrogen (secondary N) is 6. The van der Waals surface area contributed by atoms with Gasteiger partial charge in [0, 0.05) is 84.8 Å². The molecule has 0 rings (SSSR count). The van der Waals surface area contributed by atoms with E-state index in [0.29, 0.717) is 125 Å². The minimum absolute atomic E-state index is 0.00211. The molecule has 0 bridgehead atoms. The average Bonchev–Trinajstić information content (AvgIpc) is 3.34. The van der Waals surface area contributed by atoms with Crippen molar-refractivity contribution in [2.45, 2.75) is 98.3 Å². The smallest absolute Gasteiger partial charge is 0.246 e. The molecule has 0 aromatic carbocycles. The number of methoxy groups -OCH3 is 1. The monoisotopic (exact) mass is 1020 g/mol. The molecule has 0 aliphatic rings. The first-order valence-corrected chi connectivity index (χ1v) is 24.8. The second kappa shape index (κ2) is 54.8. The Balaban J connectivity index is -0.00000102. The Morgan fingerprint density at radius 3 is 1.10 bits per heavy atom. The number of nitrogens with two attached hydrogens (primary N) is 2. The molecule has 10 N–H and O–H groups in total. The predicted octanol–water partition coefficient (Wildman–Crippen LogP) is -0.378. The number of unbranched alkanes of at least 4 members (excludes halogenated alkanes) is 2. The van der Waals surface area contributed by atoms with E-state index in [1.54, 1.807) is 21.1 Å². The summed E-state index contributed by atoms with van der Waals surface area (Å²) < 4.78 is 41.3. The lowest BCUT2D eigenvalue weighted by atomic mass is 10.0. The van der Waals surface area contributed by atoms with Gasteiger partial charge in [0.15, 0.2) is 0 Å². The van der Waals surface area contributed by atoms with Gasteiger partial charge in [-0.1, -0.05) is 40.5 Å². The summed E-state index contributed by atoms with van der Waals surface area (Å²) in [4.78, 5) is 89.7. The van der Waals surface area contributed by atoms with Gasteiger partial charge in [-0.15, -0.1) is 0 Å². The zero-order valence-corrected chi connectivity index (χ0v) is 43.8. The van der Waals surface area contributed by atoms with Crippen LogP contribution in [0.1, 0.15) is 98.3 Å². The lowest BCUT2D eigenvalue weighted by Gasteiger charge is -2.09. The van der Waals surface area contributed by atoms with Crippen LogP contribution in [0.2, 0.25) is 0 Å². The molecule has 2 atom stereocenters. The predicted molar refractivity (Wildman–Crippen MR) is 266 cm³/mol. The van der Waals surface area contributed by atoms with Gasteiger partial charge in [0.05, 0.1) is 59.5 Å². The fourth-order valence-corrected chi connectivity index (χ4v) is 5.14. The molecule has 0 unspecified atom stereocenters. The van der Waals surface area contributed by atoms with E-state index < -0.39 is 0 Å². The molecule has 8 amide bonds. The SMILES string of the molecule is CCCOCC(=O)NCCCC[C@H](C)C(N)=O.CCCOCCOCC(=O)NCCOCCOCC(=O)NCCCC[C@H](C)C(N)=O.CNC(=O)CCCC(=O)NCCOCCOCC(=O)NCCOC. The summed E-state index contributed by atoms with van der Waals surface area (Å²) in [6.07, 6.45) is 7.91. The molecule has 0 heterocycles. The Hall–Kier alpha value is -4.56. The van der Waals surface area contributed by atoms with Gasteiger partial charge in [0.2, 0.25) is 47.3 Å². The van der Waals surface area contributed by atoms with Crippen LogP contribution in [-0.2, 0) is 76.3 Å². The maximum absolute atomic E-state index is 11.6. The number of ether oxygens (including phenoxy) is 8. The molecule has 24 heteroatoms. The van der Waals surface area contributed by atoms with E-state index in [2.05, 4.69) is 31.9 Å². The standard InChI is InChI=1S/C20H39N3O7.C15H29N3O6.C12H24N2O3/c1-3-9-27-11-13-29-16-19(25)23-8-10-28-12-14-30-15-18(24)22-7-5-4-6-17(2)20(21)26;1-16-13(19)4-3-5-14(20)17-7-9-23-10-11-24-12-15(21)18-6-8-22-2;1-3-8-17-9-11(15)14-7-5-4-6-10(2)12(13)16/h17H,3-16H2,1-2H3,(H2,21,26)(H,22,24)(H,23,25);3-12H2,1-2H3,(H,16,19)(H,17,20)(H,18,21);10H,3-9H2,1-2H3,(H2,13,16)(H,14,15)/t17-;;10-/m0.0/s1. The van der Waals surface area contributed by atoms with Crippen molar-refractivity contribution >= 4 is 47.3 Å². The Kier molecular flexibility index (Phi) is 54.5. The van der Waals surface area contributed by atoms with Crippen molar-refractivity contribution in [3.63, 3.8) is 0 Å². The molecule has 416 valence electrons. The van der Waals surface area contributed by atoms with Crippen LogP contribution in [0, 0.1) is 11.8 Å². The fourth-order valence-electron chi connectivity index (χ4n) is 5.14. The van der Waals surface area contributed by atoms with Crippen LogP contribution >= 0.6 is 0 Å². The zero-order valence-electron chi connectivity index (χ0n) is 43.8. The Morgan fingerprint density at radius 1 is 0.394 bits per heavy atom. The number of amides is 8. The highest BCUT2D eigenvalue weighted by molar-refractivity contribution is 5.79. The van der Waals surface area contributed by atoms with Gasteiger partial charge in [0.1, 0.15) is 26.4 Å². The molecule has 24 nitrogen and oxygen atoms in total. The van der Waals surface area contributed by atoms with E-state index in [1.807, 2.05) is 20.8 Å². The van der Waals surface area contributed by atoms with Gasteiger partial charge in [0.25, 0.3) is 0 Å². The third-order valence-electron chi connectivity index (χ3n) is 9.34. The molecule has 0 aliphatic carbocycles. The zero-order chi connectivity index (χ0) is 53.6. The largest absolute Gasteiger partial charge is 0.383 e. The van der Waals surface area contributed by atoms with Crippen molar-refractivity contribution in [2.24, 2.45) is 23.3 Å². The second-order valence-electron chi connectivity index (χ2n) is 15.9. The summed E-state index contributed by atoms with van der Waals surface area (Å²) in [5.41, 5.74) is 10.3. The molecular weight excluding hydrogens is 933 g/mol. The number of hydrogen-bond acceptors (Lipinski definition) is 16. The van der Waals surface area contributed by atoms with Crippen LogP contribution in [-0.4, -0.2) is 193 Å². The van der Waals surface area contributed by atoms with Gasteiger partial charge >= 0.3 is 0 Å². The topological polar surface area (TPSA) is 335 Å². The maximum Gasteiger partial charge on any atom is 0.246 e. The molecule has 0 aromatic heterocycles. The number of carbonyl (C=O) groups excluding carboxylic acids is 8. The lowest BCUT2D eigenvalue weighted by molar-refractivity contribution is -0.127. The Morgan fingerprint density at radius 2 is 0.718 bits per heavy atom. The van der Waals surface area contributed by atoms with Crippen molar-refractivity contribution in [1.82, 2.24) is 31.9 Å². The molecule has 0 saturated heterocycles. The molecule has 0 spiro atoms. The third kappa shape index (κ3) is 57.9. The summed E-state index contributed by atoms with van der Waals surface area (Å²) in [5, 5.41) is 16.0. The van der Waals surface area contributed by atoms with Crippen molar-refractivity contribution in [3.8, 4) is 0 Å². The number of hydrogen-bond donors (Lipinski definition) is 8. The highest BCUT2D eigenvalue weighted by Gasteiger charge is 2.10. The van der Waals surface area contributed by atoms with E-state index in [4.69, 9.17) is 49.4 Å². The van der Waals surface area contributed by atoms with Gasteiger partial charge in [-0.05, 0) is 44.9 Å². The van der Waals surface area contributed by atoms with E-state index in [9.17, 15) is 38.4 Å². The van der Waals surface area contributed by atoms with Gasteiger partial charge < -0.3 is 81.3 Å². The molecular formula is C47H92N8O16. The summed E-state index contributed by atoms with van der Waals surface area (Å²) in [6, 6.07) is 0. The van der Waals surface area contributed by atoms with Crippen LogP contribution in [0.5, 0.6) is 0 Å². The van der Waals surface area contributed by atoms with Gasteiger partial charge in [-0.25, -0.2) is 0 Å². The van der Waals surface area contributed by atoms with Gasteiger partial charge in [-0.2, -0.15) is 0 Å². The molecule has 0 saturated carbocycles. The number of rotatable bonds is 46. The fraction of sp³-hybridized carbons (Fsp3) is 0.830. The quantitative estimate of drug-likeness (QED) is 0.0361. The molecule has 0 aromatic rings. The van der Waals surface area contributed by atoms with Crippen LogP contribution in [0.15, 0.2) is 0 Å². The van der Waals surface area contributed by atoms with Crippen LogP contribution in [0.25, 0.3) is 0 Å². The first-order chi connectivity index (χ1) is 34.1. The van der Waals surface area contributed by atoms with Gasteiger partial charge in [-0.3, -0.25) is 38.4 Å². The second-order valence-corrected chi connectivity index (χ2v) is 15.9. The summed E-state index contributed by atoms with van der Waals surface area (Å²) in [6.45, 7) is 14.8. The van der Waals surface area contributed by atoms with Crippen molar-refractivity contribution < 1.29 is 76.3 Å². The minimum atomic E-state index is -0.297. The van der Waals surface area contributed by atoms with E-state index in [1.165, 1.54) is 0 Å². The highest BCUT2D eigenvalue weighted by atomic mass is 16.5. The van der Waals surface area contributed by atoms with E-state index >= 15 is 0 Å². The van der Waals surface area contributed by atoms with Crippen LogP contribution < -0.4 is 43.4 Å². The van der Waals surface area contributed by atoms with Crippen molar-refractivity contribution in [2.75, 3.05) is 146 Å². The Bertz CT molecular complexity index is 1370. The van der Waals surface area contributed by atoms with Crippen LogP contribution in [0.4, 0.5) is 0 Å². The van der Waals surface area contributed by atoms with Crippen molar-refractivity contribution in [1.29, 1.82) is 0 Å². The number of carbonyl (C=O) groups is 8. The van der Waals surface area contributed by atoms with E-state index in [-0.39, 0.29) is 85.5 Å². The molecule has 71 heavy (non-hydrogen) atoms. The summed E-state index contributed by atoms with van der Waals surface area (Å²) >= 11 is 0. The third-order valence-corrected chi connectivity index (χ3v) is 9.34. The van der Waals surface area contributed by atoms with Crippen molar-refractivity contribution in [3.05, 3.63) is 0 Å². The van der Waals surface area contributed by atoms with E-state index in [0.717, 1.165) is 51.4 Å². The lowest BCUT2D eigenvalue weighted by Crippen LogP contribution is -2.31. The number of primary amides is 2. The normalized spacial score (nSPS) is 11.4. The molecule has 0 fully saturated rings. The molecule has 0 aliphatic heterocycles. The highest BCUT2D eigenvalue weighted by Crippen LogP contribution is 2.07. The summed E-state index contributed by atoms with van der Waals surface area (Å²) in [7, 11) is 3.13. The average molecular weight is 1030 g/mol. The first-order valence-electron chi connectivity index (χ1n) is 24.8. The maximum atomic E-state index is 11.6. The van der Waals surface area contributed by atoms with Crippen LogP contribution in [0.3, 0.4) is 0 Å².